The first kappa shape index (κ1) is 19.5. The van der Waals surface area contributed by atoms with Crippen molar-refractivity contribution in [2.24, 2.45) is 4.99 Å². The van der Waals surface area contributed by atoms with Crippen LogP contribution in [0.5, 0.6) is 5.75 Å². The molecule has 0 aliphatic carbocycles. The highest BCUT2D eigenvalue weighted by molar-refractivity contribution is 6.06. The molecule has 150 valence electrons. The Morgan fingerprint density at radius 2 is 1.76 bits per heavy atom. The van der Waals surface area contributed by atoms with Gasteiger partial charge in [-0.2, -0.15) is 0 Å². The Kier molecular flexibility index (Phi) is 6.11. The Morgan fingerprint density at radius 3 is 2.52 bits per heavy atom. The van der Waals surface area contributed by atoms with E-state index in [4.69, 9.17) is 9.47 Å². The maximum Gasteiger partial charge on any atom is 0.132 e. The van der Waals surface area contributed by atoms with Crippen LogP contribution in [-0.2, 0) is 4.74 Å². The zero-order valence-corrected chi connectivity index (χ0v) is 17.2. The third-order valence-electron chi connectivity index (χ3n) is 5.15. The Hall–Kier alpha value is -2.85. The SMILES string of the molecule is CCOCCCOc1cc2ccc(-c3ccc(C)cc3)cc2cc1C1=NCCN1. The summed E-state index contributed by atoms with van der Waals surface area (Å²) in [5.74, 6) is 1.80. The molecule has 0 amide bonds. The zero-order valence-electron chi connectivity index (χ0n) is 17.2. The van der Waals surface area contributed by atoms with Gasteiger partial charge < -0.3 is 14.8 Å². The van der Waals surface area contributed by atoms with E-state index in [-0.39, 0.29) is 0 Å². The van der Waals surface area contributed by atoms with Crippen molar-refractivity contribution in [3.05, 3.63) is 65.7 Å². The van der Waals surface area contributed by atoms with E-state index in [1.54, 1.807) is 0 Å². The van der Waals surface area contributed by atoms with E-state index in [1.165, 1.54) is 27.5 Å². The van der Waals surface area contributed by atoms with Crippen LogP contribution in [0.1, 0.15) is 24.5 Å². The Bertz CT molecular complexity index is 1010. The first-order valence-electron chi connectivity index (χ1n) is 10.4. The predicted octanol–water partition coefficient (Wildman–Crippen LogP) is 4.97. The van der Waals surface area contributed by atoms with Crippen molar-refractivity contribution in [2.75, 3.05) is 32.9 Å². The minimum atomic E-state index is 0.632. The molecule has 0 bridgehead atoms. The lowest BCUT2D eigenvalue weighted by Crippen LogP contribution is -2.20. The first-order chi connectivity index (χ1) is 14.2. The number of hydrogen-bond donors (Lipinski definition) is 1. The van der Waals surface area contributed by atoms with E-state index in [2.05, 4.69) is 71.8 Å². The highest BCUT2D eigenvalue weighted by Crippen LogP contribution is 2.31. The number of nitrogens with one attached hydrogen (secondary N) is 1. The second kappa shape index (κ2) is 9.10. The summed E-state index contributed by atoms with van der Waals surface area (Å²) in [4.78, 5) is 4.62. The van der Waals surface area contributed by atoms with Crippen molar-refractivity contribution in [1.82, 2.24) is 5.32 Å². The molecule has 1 N–H and O–H groups in total. The van der Waals surface area contributed by atoms with Crippen molar-refractivity contribution in [3.63, 3.8) is 0 Å². The van der Waals surface area contributed by atoms with Crippen LogP contribution in [0.3, 0.4) is 0 Å². The molecular weight excluding hydrogens is 360 g/mol. The van der Waals surface area contributed by atoms with Crippen LogP contribution in [-0.4, -0.2) is 38.7 Å². The molecule has 1 aliphatic heterocycles. The number of aryl methyl sites for hydroxylation is 1. The minimum Gasteiger partial charge on any atom is -0.493 e. The summed E-state index contributed by atoms with van der Waals surface area (Å²) >= 11 is 0. The monoisotopic (exact) mass is 388 g/mol. The number of benzene rings is 3. The van der Waals surface area contributed by atoms with Crippen molar-refractivity contribution in [1.29, 1.82) is 0 Å². The van der Waals surface area contributed by atoms with Crippen molar-refractivity contribution in [2.45, 2.75) is 20.3 Å². The number of amidine groups is 1. The third-order valence-corrected chi connectivity index (χ3v) is 5.15. The van der Waals surface area contributed by atoms with Gasteiger partial charge in [0, 0.05) is 26.2 Å². The van der Waals surface area contributed by atoms with Crippen LogP contribution in [0, 0.1) is 6.92 Å². The summed E-state index contributed by atoms with van der Waals surface area (Å²) in [6.45, 7) is 7.90. The summed E-state index contributed by atoms with van der Waals surface area (Å²) in [5, 5.41) is 5.75. The van der Waals surface area contributed by atoms with E-state index in [9.17, 15) is 0 Å². The molecule has 3 aromatic rings. The van der Waals surface area contributed by atoms with Gasteiger partial charge in [0.15, 0.2) is 0 Å². The van der Waals surface area contributed by atoms with Crippen LogP contribution >= 0.6 is 0 Å². The van der Waals surface area contributed by atoms with Gasteiger partial charge in [-0.3, -0.25) is 4.99 Å². The zero-order chi connectivity index (χ0) is 20.1. The van der Waals surface area contributed by atoms with E-state index in [0.717, 1.165) is 49.9 Å². The Balaban J connectivity index is 1.66. The fourth-order valence-corrected chi connectivity index (χ4v) is 3.57. The van der Waals surface area contributed by atoms with Gasteiger partial charge in [0.2, 0.25) is 0 Å². The molecule has 1 aliphatic rings. The summed E-state index contributed by atoms with van der Waals surface area (Å²) in [5.41, 5.74) is 4.75. The molecule has 0 spiro atoms. The number of nitrogens with zero attached hydrogens (tertiary/aromatic N) is 1. The van der Waals surface area contributed by atoms with Gasteiger partial charge in [-0.15, -0.1) is 0 Å². The Morgan fingerprint density at radius 1 is 0.931 bits per heavy atom. The highest BCUT2D eigenvalue weighted by atomic mass is 16.5. The number of aliphatic imine (C=N–C) groups is 1. The maximum absolute atomic E-state index is 6.13. The molecule has 0 saturated heterocycles. The number of fused-ring (bicyclic) bond motifs is 1. The summed E-state index contributed by atoms with van der Waals surface area (Å²) in [6.07, 6.45) is 0.873. The lowest BCUT2D eigenvalue weighted by Gasteiger charge is -2.14. The van der Waals surface area contributed by atoms with Crippen LogP contribution in [0.4, 0.5) is 0 Å². The molecule has 3 aromatic carbocycles. The van der Waals surface area contributed by atoms with E-state index >= 15 is 0 Å². The smallest absolute Gasteiger partial charge is 0.132 e. The topological polar surface area (TPSA) is 42.9 Å². The van der Waals surface area contributed by atoms with Gasteiger partial charge in [0.05, 0.1) is 18.7 Å². The second-order valence-electron chi connectivity index (χ2n) is 7.33. The lowest BCUT2D eigenvalue weighted by molar-refractivity contribution is 0.131. The van der Waals surface area contributed by atoms with Gasteiger partial charge in [-0.1, -0.05) is 42.0 Å². The molecule has 4 heteroatoms. The van der Waals surface area contributed by atoms with Gasteiger partial charge in [-0.05, 0) is 53.9 Å². The summed E-state index contributed by atoms with van der Waals surface area (Å²) < 4.78 is 11.5. The van der Waals surface area contributed by atoms with E-state index in [1.807, 2.05) is 6.92 Å². The number of ether oxygens (including phenoxy) is 2. The lowest BCUT2D eigenvalue weighted by atomic mass is 9.98. The number of hydrogen-bond acceptors (Lipinski definition) is 4. The van der Waals surface area contributed by atoms with Crippen LogP contribution in [0.25, 0.3) is 21.9 Å². The molecule has 4 nitrogen and oxygen atoms in total. The van der Waals surface area contributed by atoms with Crippen molar-refractivity contribution in [3.8, 4) is 16.9 Å². The molecular formula is C25H28N2O2. The largest absolute Gasteiger partial charge is 0.493 e. The standard InChI is InChI=1S/C25H28N2O2/c1-3-28-13-4-14-29-24-17-21-10-9-20(19-7-5-18(2)6-8-19)15-22(21)16-23(24)25-26-11-12-27-25/h5-10,15-17H,3-4,11-14H2,1-2H3,(H,26,27). The molecule has 0 fully saturated rings. The summed E-state index contributed by atoms with van der Waals surface area (Å²) in [7, 11) is 0. The van der Waals surface area contributed by atoms with Gasteiger partial charge in [0.25, 0.3) is 0 Å². The van der Waals surface area contributed by atoms with Gasteiger partial charge in [-0.25, -0.2) is 0 Å². The van der Waals surface area contributed by atoms with Crippen molar-refractivity contribution < 1.29 is 9.47 Å². The fraction of sp³-hybridized carbons (Fsp3) is 0.320. The average molecular weight is 389 g/mol. The van der Waals surface area contributed by atoms with E-state index < -0.39 is 0 Å². The maximum atomic E-state index is 6.13. The Labute approximate surface area is 172 Å². The van der Waals surface area contributed by atoms with Crippen LogP contribution < -0.4 is 10.1 Å². The van der Waals surface area contributed by atoms with Crippen LogP contribution in [0.2, 0.25) is 0 Å². The van der Waals surface area contributed by atoms with Gasteiger partial charge >= 0.3 is 0 Å². The molecule has 0 unspecified atom stereocenters. The molecule has 0 radical (unpaired) electrons. The van der Waals surface area contributed by atoms with Crippen molar-refractivity contribution >= 4 is 16.6 Å². The van der Waals surface area contributed by atoms with E-state index in [0.29, 0.717) is 6.61 Å². The minimum absolute atomic E-state index is 0.632. The molecule has 29 heavy (non-hydrogen) atoms. The molecule has 0 saturated carbocycles. The normalized spacial score (nSPS) is 13.4. The second-order valence-corrected chi connectivity index (χ2v) is 7.33. The number of rotatable bonds is 8. The quantitative estimate of drug-likeness (QED) is 0.554. The van der Waals surface area contributed by atoms with Gasteiger partial charge in [0.1, 0.15) is 11.6 Å². The molecule has 0 aromatic heterocycles. The third kappa shape index (κ3) is 4.60. The fourth-order valence-electron chi connectivity index (χ4n) is 3.57. The van der Waals surface area contributed by atoms with Crippen LogP contribution in [0.15, 0.2) is 59.6 Å². The molecule has 1 heterocycles. The highest BCUT2D eigenvalue weighted by Gasteiger charge is 2.15. The average Bonchev–Trinajstić information content (AvgIpc) is 3.28. The molecule has 4 rings (SSSR count). The predicted molar refractivity (Wildman–Crippen MR) is 120 cm³/mol. The molecule has 0 atom stereocenters. The summed E-state index contributed by atoms with van der Waals surface area (Å²) in [6, 6.07) is 19.6. The first-order valence-corrected chi connectivity index (χ1v) is 10.4.